The standard InChI is InChI=1S/C22H23BrN2O4.C22H21BrN2O3/c23-15-6-7-18(20(24)26)19(8-15)29-17-11-22(12-17)9-16(10-22)25-21(27)28-13-14-4-2-1-3-5-14;23-17-7-6-16(13-24)20(8-17)28-19-11-22(12-19)9-18(10-22)25-21(26)27-14-15-4-2-1-3-5-15/h1-8,16-17H,9-13H2,(H2,24,26)(H,25,27);1-8,18-19H,9-12,14H2,(H,25,26). The van der Waals surface area contributed by atoms with E-state index in [0.717, 1.165) is 71.4 Å². The zero-order chi connectivity index (χ0) is 40.0. The van der Waals surface area contributed by atoms with E-state index in [1.807, 2.05) is 72.8 Å². The second kappa shape index (κ2) is 17.6. The monoisotopic (exact) mass is 898 g/mol. The van der Waals surface area contributed by atoms with Crippen LogP contribution in [0.5, 0.6) is 11.5 Å². The summed E-state index contributed by atoms with van der Waals surface area (Å²) in [6, 6.07) is 32.4. The fourth-order valence-electron chi connectivity index (χ4n) is 8.53. The third-order valence-electron chi connectivity index (χ3n) is 11.3. The highest BCUT2D eigenvalue weighted by Gasteiger charge is 2.55. The summed E-state index contributed by atoms with van der Waals surface area (Å²) >= 11 is 6.82. The molecule has 2 spiro atoms. The van der Waals surface area contributed by atoms with E-state index in [9.17, 15) is 19.6 Å². The molecule has 0 aromatic heterocycles. The first-order valence-electron chi connectivity index (χ1n) is 19.0. The van der Waals surface area contributed by atoms with Gasteiger partial charge in [0.05, 0.1) is 23.3 Å². The Hall–Kier alpha value is -5.06. The molecule has 4 aromatic rings. The molecule has 0 bridgehead atoms. The molecule has 8 rings (SSSR count). The minimum Gasteiger partial charge on any atom is -0.490 e. The number of nitrogens with zero attached hydrogens (tertiary/aromatic N) is 1. The highest BCUT2D eigenvalue weighted by Crippen LogP contribution is 2.58. The number of primary amides is 1. The molecule has 57 heavy (non-hydrogen) atoms. The first kappa shape index (κ1) is 40.1. The van der Waals surface area contributed by atoms with Crippen molar-refractivity contribution >= 4 is 50.0 Å². The van der Waals surface area contributed by atoms with E-state index in [0.29, 0.717) is 22.6 Å². The molecule has 4 aliphatic rings. The van der Waals surface area contributed by atoms with Gasteiger partial charge >= 0.3 is 12.2 Å². The van der Waals surface area contributed by atoms with Gasteiger partial charge in [-0.1, -0.05) is 92.5 Å². The van der Waals surface area contributed by atoms with Gasteiger partial charge in [0.25, 0.3) is 5.91 Å². The number of hydrogen-bond acceptors (Lipinski definition) is 8. The second-order valence-corrected chi connectivity index (χ2v) is 17.5. The van der Waals surface area contributed by atoms with Crippen LogP contribution in [0.4, 0.5) is 9.59 Å². The molecule has 296 valence electrons. The summed E-state index contributed by atoms with van der Waals surface area (Å²) in [7, 11) is 0. The molecule has 11 nitrogen and oxygen atoms in total. The van der Waals surface area contributed by atoms with Crippen LogP contribution in [-0.2, 0) is 22.7 Å². The predicted molar refractivity (Wildman–Crippen MR) is 219 cm³/mol. The van der Waals surface area contributed by atoms with Gasteiger partial charge in [0.2, 0.25) is 0 Å². The number of amides is 3. The van der Waals surface area contributed by atoms with Gasteiger partial charge in [-0.3, -0.25) is 4.79 Å². The minimum absolute atomic E-state index is 0.0633. The van der Waals surface area contributed by atoms with Crippen molar-refractivity contribution in [2.75, 3.05) is 0 Å². The van der Waals surface area contributed by atoms with E-state index in [-0.39, 0.29) is 60.5 Å². The smallest absolute Gasteiger partial charge is 0.407 e. The highest BCUT2D eigenvalue weighted by atomic mass is 79.9. The van der Waals surface area contributed by atoms with Gasteiger partial charge in [0.1, 0.15) is 30.8 Å². The molecule has 0 unspecified atom stereocenters. The molecule has 0 saturated heterocycles. The maximum absolute atomic E-state index is 12.0. The maximum Gasteiger partial charge on any atom is 0.407 e. The summed E-state index contributed by atoms with van der Waals surface area (Å²) < 4.78 is 24.3. The number of carbonyl (C=O) groups is 3. The Balaban J connectivity index is 0.000000174. The number of nitrogens with two attached hydrogens (primary N) is 1. The highest BCUT2D eigenvalue weighted by molar-refractivity contribution is 9.10. The minimum atomic E-state index is -0.497. The van der Waals surface area contributed by atoms with Crippen molar-refractivity contribution in [3.63, 3.8) is 0 Å². The lowest BCUT2D eigenvalue weighted by Gasteiger charge is -2.57. The van der Waals surface area contributed by atoms with Crippen LogP contribution in [0.25, 0.3) is 0 Å². The summed E-state index contributed by atoms with van der Waals surface area (Å²) in [6.45, 7) is 0.559. The van der Waals surface area contributed by atoms with Crippen molar-refractivity contribution in [3.05, 3.63) is 128 Å². The molecule has 4 fully saturated rings. The Morgan fingerprint density at radius 3 is 1.54 bits per heavy atom. The van der Waals surface area contributed by atoms with Crippen LogP contribution < -0.4 is 25.8 Å². The lowest BCUT2D eigenvalue weighted by Crippen LogP contribution is -2.58. The van der Waals surface area contributed by atoms with Gasteiger partial charge < -0.3 is 35.3 Å². The van der Waals surface area contributed by atoms with Crippen molar-refractivity contribution in [2.45, 2.75) is 88.9 Å². The quantitative estimate of drug-likeness (QED) is 0.134. The van der Waals surface area contributed by atoms with Gasteiger partial charge in [0.15, 0.2) is 0 Å². The average molecular weight is 901 g/mol. The van der Waals surface area contributed by atoms with Crippen molar-refractivity contribution in [1.29, 1.82) is 5.26 Å². The Kier molecular flexibility index (Phi) is 12.4. The van der Waals surface area contributed by atoms with Crippen LogP contribution in [0, 0.1) is 22.2 Å². The van der Waals surface area contributed by atoms with Gasteiger partial charge in [-0.15, -0.1) is 0 Å². The number of alkyl carbamates (subject to hydrolysis) is 2. The molecule has 13 heteroatoms. The molecule has 4 aliphatic carbocycles. The average Bonchev–Trinajstić information content (AvgIpc) is 3.14. The summed E-state index contributed by atoms with van der Waals surface area (Å²) in [4.78, 5) is 35.5. The molecular weight excluding hydrogens is 856 g/mol. The number of nitrogens with one attached hydrogen (secondary N) is 2. The number of nitriles is 1. The van der Waals surface area contributed by atoms with E-state index >= 15 is 0 Å². The molecule has 0 atom stereocenters. The number of ether oxygens (including phenoxy) is 4. The van der Waals surface area contributed by atoms with Gasteiger partial charge in [-0.25, -0.2) is 9.59 Å². The van der Waals surface area contributed by atoms with E-state index in [1.54, 1.807) is 24.3 Å². The van der Waals surface area contributed by atoms with Gasteiger partial charge in [-0.05, 0) is 110 Å². The molecule has 3 amide bonds. The van der Waals surface area contributed by atoms with Gasteiger partial charge in [-0.2, -0.15) is 5.26 Å². The Morgan fingerprint density at radius 2 is 1.09 bits per heavy atom. The molecule has 0 aliphatic heterocycles. The predicted octanol–water partition coefficient (Wildman–Crippen LogP) is 9.10. The first-order valence-corrected chi connectivity index (χ1v) is 20.6. The van der Waals surface area contributed by atoms with Crippen LogP contribution in [0.3, 0.4) is 0 Å². The third kappa shape index (κ3) is 10.3. The molecule has 4 aromatic carbocycles. The van der Waals surface area contributed by atoms with E-state index in [2.05, 4.69) is 48.6 Å². The summed E-state index contributed by atoms with van der Waals surface area (Å²) in [5.41, 5.74) is 8.81. The Morgan fingerprint density at radius 1 is 0.649 bits per heavy atom. The largest absolute Gasteiger partial charge is 0.490 e. The number of carbonyl (C=O) groups excluding carboxylic acids is 3. The van der Waals surface area contributed by atoms with Crippen LogP contribution in [0.15, 0.2) is 106 Å². The van der Waals surface area contributed by atoms with Crippen LogP contribution in [0.2, 0.25) is 0 Å². The van der Waals surface area contributed by atoms with Crippen molar-refractivity contribution in [2.24, 2.45) is 16.6 Å². The zero-order valence-corrected chi connectivity index (χ0v) is 34.4. The molecule has 4 N–H and O–H groups in total. The Labute approximate surface area is 348 Å². The molecule has 0 radical (unpaired) electrons. The van der Waals surface area contributed by atoms with Crippen molar-refractivity contribution < 1.29 is 33.3 Å². The van der Waals surface area contributed by atoms with E-state index in [4.69, 9.17) is 24.7 Å². The maximum atomic E-state index is 12.0. The van der Waals surface area contributed by atoms with Crippen LogP contribution >= 0.6 is 31.9 Å². The first-order chi connectivity index (χ1) is 27.5. The second-order valence-electron chi connectivity index (χ2n) is 15.7. The summed E-state index contributed by atoms with van der Waals surface area (Å²) in [5, 5.41) is 15.1. The summed E-state index contributed by atoms with van der Waals surface area (Å²) in [6.07, 6.45) is 6.97. The third-order valence-corrected chi connectivity index (χ3v) is 12.3. The van der Waals surface area contributed by atoms with Crippen LogP contribution in [0.1, 0.15) is 78.4 Å². The topological polar surface area (TPSA) is 162 Å². The van der Waals surface area contributed by atoms with E-state index in [1.165, 1.54) is 0 Å². The number of hydrogen-bond donors (Lipinski definition) is 3. The fraction of sp³-hybridized carbons (Fsp3) is 0.364. The molecule has 0 heterocycles. The Bertz CT molecular complexity index is 2100. The number of rotatable bonds is 11. The number of halogens is 2. The van der Waals surface area contributed by atoms with Crippen molar-refractivity contribution in [1.82, 2.24) is 10.6 Å². The zero-order valence-electron chi connectivity index (χ0n) is 31.3. The lowest BCUT2D eigenvalue weighted by atomic mass is 9.53. The van der Waals surface area contributed by atoms with Crippen LogP contribution in [-0.4, -0.2) is 42.4 Å². The normalized spacial score (nSPS) is 25.0. The SMILES string of the molecule is N#Cc1ccc(Br)cc1OC1CC2(CC(NC(=O)OCc3ccccc3)C2)C1.NC(=O)c1ccc(Br)cc1OC1CC2(CC(NC(=O)OCc3ccccc3)C2)C1. The summed E-state index contributed by atoms with van der Waals surface area (Å²) in [5.74, 6) is 0.656. The van der Waals surface area contributed by atoms with Gasteiger partial charge in [0, 0.05) is 21.0 Å². The lowest BCUT2D eigenvalue weighted by molar-refractivity contribution is -0.0848. The molecular formula is C44H44Br2N4O7. The number of benzene rings is 4. The molecule has 4 saturated carbocycles. The fourth-order valence-corrected chi connectivity index (χ4v) is 9.21. The van der Waals surface area contributed by atoms with Crippen molar-refractivity contribution in [3.8, 4) is 17.6 Å². The van der Waals surface area contributed by atoms with E-state index < -0.39 is 5.91 Å².